The van der Waals surface area contributed by atoms with Crippen LogP contribution >= 0.6 is 23.1 Å². The van der Waals surface area contributed by atoms with Gasteiger partial charge in [-0.05, 0) is 37.9 Å². The molecule has 1 N–H and O–H groups in total. The molecule has 0 fully saturated rings. The fourth-order valence-corrected chi connectivity index (χ4v) is 4.72. The van der Waals surface area contributed by atoms with Gasteiger partial charge >= 0.3 is 0 Å². The lowest BCUT2D eigenvalue weighted by molar-refractivity contribution is 0.465. The molecule has 0 bridgehead atoms. The maximum atomic E-state index is 4.90. The molecule has 1 aromatic heterocycles. The van der Waals surface area contributed by atoms with Crippen LogP contribution in [0, 0.1) is 0 Å². The molecule has 2 aromatic rings. The topological polar surface area (TPSA) is 24.9 Å². The first kappa shape index (κ1) is 14.1. The van der Waals surface area contributed by atoms with Crippen LogP contribution in [0.3, 0.4) is 0 Å². The number of hydrogen-bond donors (Lipinski definition) is 1. The van der Waals surface area contributed by atoms with Gasteiger partial charge in [-0.1, -0.05) is 25.1 Å². The number of nitrogens with zero attached hydrogens (tertiary/aromatic N) is 1. The van der Waals surface area contributed by atoms with E-state index in [4.69, 9.17) is 4.98 Å². The van der Waals surface area contributed by atoms with Crippen molar-refractivity contribution in [2.45, 2.75) is 42.9 Å². The summed E-state index contributed by atoms with van der Waals surface area (Å²) in [6.45, 7) is 3.20. The monoisotopic (exact) mass is 304 g/mol. The number of thioether (sulfide) groups is 1. The van der Waals surface area contributed by atoms with Crippen molar-refractivity contribution >= 4 is 23.1 Å². The van der Waals surface area contributed by atoms with Crippen LogP contribution in [0.5, 0.6) is 0 Å². The van der Waals surface area contributed by atoms with Gasteiger partial charge in [-0.25, -0.2) is 4.98 Å². The highest BCUT2D eigenvalue weighted by atomic mass is 32.2. The molecule has 0 aliphatic heterocycles. The number of nitrogens with one attached hydrogen (secondary N) is 1. The predicted molar refractivity (Wildman–Crippen MR) is 87.5 cm³/mol. The summed E-state index contributed by atoms with van der Waals surface area (Å²) in [4.78, 5) is 7.73. The van der Waals surface area contributed by atoms with Crippen LogP contribution in [0.15, 0.2) is 35.2 Å². The lowest BCUT2D eigenvalue weighted by Gasteiger charge is -2.21. The Kier molecular flexibility index (Phi) is 4.76. The SMILES string of the molecule is CCNC1CCCc2sc(CSc3ccccc3)nc21. The summed E-state index contributed by atoms with van der Waals surface area (Å²) in [5, 5.41) is 4.84. The second-order valence-corrected chi connectivity index (χ2v) is 7.24. The largest absolute Gasteiger partial charge is 0.309 e. The molecule has 20 heavy (non-hydrogen) atoms. The van der Waals surface area contributed by atoms with E-state index in [0.29, 0.717) is 6.04 Å². The lowest BCUT2D eigenvalue weighted by atomic mass is 9.98. The van der Waals surface area contributed by atoms with Crippen molar-refractivity contribution < 1.29 is 0 Å². The maximum Gasteiger partial charge on any atom is 0.103 e. The minimum atomic E-state index is 0.482. The van der Waals surface area contributed by atoms with E-state index in [9.17, 15) is 0 Å². The Balaban J connectivity index is 1.69. The Morgan fingerprint density at radius 2 is 2.20 bits per heavy atom. The standard InChI is InChI=1S/C16H20N2S2/c1-2-17-13-9-6-10-14-16(13)18-15(20-14)11-19-12-7-4-3-5-8-12/h3-5,7-8,13,17H,2,6,9-11H2,1H3. The molecule has 1 aliphatic carbocycles. The molecule has 0 radical (unpaired) electrons. The van der Waals surface area contributed by atoms with Crippen molar-refractivity contribution in [3.05, 3.63) is 45.9 Å². The highest BCUT2D eigenvalue weighted by Gasteiger charge is 2.23. The predicted octanol–water partition coefficient (Wildman–Crippen LogP) is 4.42. The molecule has 0 saturated carbocycles. The van der Waals surface area contributed by atoms with E-state index < -0.39 is 0 Å². The summed E-state index contributed by atoms with van der Waals surface area (Å²) in [5.41, 5.74) is 1.33. The molecule has 1 aromatic carbocycles. The molecule has 0 spiro atoms. The van der Waals surface area contributed by atoms with Crippen LogP contribution in [0.1, 0.15) is 41.4 Å². The van der Waals surface area contributed by atoms with Crippen molar-refractivity contribution in [2.75, 3.05) is 6.54 Å². The average molecular weight is 304 g/mol. The van der Waals surface area contributed by atoms with E-state index in [0.717, 1.165) is 12.3 Å². The van der Waals surface area contributed by atoms with Crippen molar-refractivity contribution in [3.63, 3.8) is 0 Å². The fraction of sp³-hybridized carbons (Fsp3) is 0.438. The maximum absolute atomic E-state index is 4.90. The second-order valence-electron chi connectivity index (χ2n) is 5.02. The Hall–Kier alpha value is -0.840. The number of rotatable bonds is 5. The molecule has 1 heterocycles. The quantitative estimate of drug-likeness (QED) is 0.828. The van der Waals surface area contributed by atoms with Crippen LogP contribution in [-0.4, -0.2) is 11.5 Å². The Morgan fingerprint density at radius 3 is 3.00 bits per heavy atom. The first-order valence-corrected chi connectivity index (χ1v) is 9.06. The normalized spacial score (nSPS) is 17.9. The van der Waals surface area contributed by atoms with Gasteiger partial charge in [-0.15, -0.1) is 23.1 Å². The van der Waals surface area contributed by atoms with Crippen LogP contribution in [0.2, 0.25) is 0 Å². The Bertz CT molecular complexity index is 551. The highest BCUT2D eigenvalue weighted by molar-refractivity contribution is 7.98. The first-order valence-electron chi connectivity index (χ1n) is 7.26. The van der Waals surface area contributed by atoms with Gasteiger partial charge < -0.3 is 5.32 Å². The lowest BCUT2D eigenvalue weighted by Crippen LogP contribution is -2.24. The van der Waals surface area contributed by atoms with Gasteiger partial charge in [0.1, 0.15) is 5.01 Å². The van der Waals surface area contributed by atoms with E-state index in [2.05, 4.69) is 42.6 Å². The van der Waals surface area contributed by atoms with Crippen molar-refractivity contribution in [1.29, 1.82) is 0 Å². The third-order valence-electron chi connectivity index (χ3n) is 3.55. The molecule has 4 heteroatoms. The molecule has 2 nitrogen and oxygen atoms in total. The van der Waals surface area contributed by atoms with Crippen LogP contribution in [0.4, 0.5) is 0 Å². The Labute approximate surface area is 129 Å². The summed E-state index contributed by atoms with van der Waals surface area (Å²) in [5.74, 6) is 0.987. The van der Waals surface area contributed by atoms with Gasteiger partial charge in [-0.3, -0.25) is 0 Å². The fourth-order valence-electron chi connectivity index (χ4n) is 2.64. The number of thiazole rings is 1. The van der Waals surface area contributed by atoms with Crippen molar-refractivity contribution in [2.24, 2.45) is 0 Å². The molecule has 1 aliphatic rings. The summed E-state index contributed by atoms with van der Waals surface area (Å²) in [6.07, 6.45) is 3.73. The van der Waals surface area contributed by atoms with E-state index in [1.165, 1.54) is 39.7 Å². The van der Waals surface area contributed by atoms with Gasteiger partial charge in [-0.2, -0.15) is 0 Å². The number of fused-ring (bicyclic) bond motifs is 1. The molecule has 106 valence electrons. The minimum absolute atomic E-state index is 0.482. The van der Waals surface area contributed by atoms with E-state index >= 15 is 0 Å². The summed E-state index contributed by atoms with van der Waals surface area (Å²) >= 11 is 3.79. The highest BCUT2D eigenvalue weighted by Crippen LogP contribution is 2.35. The third-order valence-corrected chi connectivity index (χ3v) is 5.89. The number of aryl methyl sites for hydroxylation is 1. The first-order chi connectivity index (χ1) is 9.86. The van der Waals surface area contributed by atoms with Crippen LogP contribution in [-0.2, 0) is 12.2 Å². The zero-order valence-corrected chi connectivity index (χ0v) is 13.4. The Morgan fingerprint density at radius 1 is 1.35 bits per heavy atom. The molecule has 1 unspecified atom stereocenters. The molecular weight excluding hydrogens is 284 g/mol. The average Bonchev–Trinajstić information content (AvgIpc) is 2.91. The van der Waals surface area contributed by atoms with Gasteiger partial charge in [0.05, 0.1) is 17.5 Å². The number of benzene rings is 1. The summed E-state index contributed by atoms with van der Waals surface area (Å²) in [7, 11) is 0. The third kappa shape index (κ3) is 3.25. The minimum Gasteiger partial charge on any atom is -0.309 e. The van der Waals surface area contributed by atoms with Crippen molar-refractivity contribution in [1.82, 2.24) is 10.3 Å². The van der Waals surface area contributed by atoms with Crippen LogP contribution < -0.4 is 5.32 Å². The smallest absolute Gasteiger partial charge is 0.103 e. The van der Waals surface area contributed by atoms with Crippen LogP contribution in [0.25, 0.3) is 0 Å². The van der Waals surface area contributed by atoms with E-state index in [-0.39, 0.29) is 0 Å². The van der Waals surface area contributed by atoms with Gasteiger partial charge in [0.2, 0.25) is 0 Å². The van der Waals surface area contributed by atoms with Gasteiger partial charge in [0.15, 0.2) is 0 Å². The summed E-state index contributed by atoms with van der Waals surface area (Å²) < 4.78 is 0. The zero-order valence-electron chi connectivity index (χ0n) is 11.8. The summed E-state index contributed by atoms with van der Waals surface area (Å²) in [6, 6.07) is 11.1. The molecule has 1 atom stereocenters. The second kappa shape index (κ2) is 6.74. The van der Waals surface area contributed by atoms with Crippen molar-refractivity contribution in [3.8, 4) is 0 Å². The zero-order chi connectivity index (χ0) is 13.8. The van der Waals surface area contributed by atoms with E-state index in [1.807, 2.05) is 23.1 Å². The van der Waals surface area contributed by atoms with Gasteiger partial charge in [0, 0.05) is 9.77 Å². The molecule has 0 saturated heterocycles. The molecule has 3 rings (SSSR count). The number of aromatic nitrogens is 1. The van der Waals surface area contributed by atoms with Gasteiger partial charge in [0.25, 0.3) is 0 Å². The number of hydrogen-bond acceptors (Lipinski definition) is 4. The molecular formula is C16H20N2S2. The van der Waals surface area contributed by atoms with E-state index in [1.54, 1.807) is 0 Å². The molecule has 0 amide bonds.